The van der Waals surface area contributed by atoms with E-state index in [1.54, 1.807) is 12.5 Å². The van der Waals surface area contributed by atoms with Crippen molar-refractivity contribution in [3.63, 3.8) is 0 Å². The van der Waals surface area contributed by atoms with Crippen molar-refractivity contribution >= 4 is 39.1 Å². The van der Waals surface area contributed by atoms with Gasteiger partial charge in [-0.05, 0) is 36.6 Å². The predicted octanol–water partition coefficient (Wildman–Crippen LogP) is 3.29. The van der Waals surface area contributed by atoms with Crippen molar-refractivity contribution in [2.45, 2.75) is 30.3 Å². The molecule has 0 aliphatic carbocycles. The Morgan fingerprint density at radius 1 is 1.13 bits per heavy atom. The van der Waals surface area contributed by atoms with E-state index in [-0.39, 0.29) is 21.4 Å². The van der Waals surface area contributed by atoms with Crippen molar-refractivity contribution in [3.8, 4) is 0 Å². The average Bonchev–Trinajstić information content (AvgIpc) is 3.26. The van der Waals surface area contributed by atoms with Crippen LogP contribution in [-0.4, -0.2) is 36.5 Å². The molecular weight excluding hydrogens is 459 g/mol. The third-order valence-electron chi connectivity index (χ3n) is 4.53. The lowest BCUT2D eigenvalue weighted by atomic mass is 10.1. The maximum absolute atomic E-state index is 13.0. The fraction of sp³-hybridized carbons (Fsp3) is 0.238. The van der Waals surface area contributed by atoms with Crippen LogP contribution in [0.25, 0.3) is 0 Å². The molecule has 0 aliphatic heterocycles. The van der Waals surface area contributed by atoms with Crippen LogP contribution in [0.1, 0.15) is 12.0 Å². The highest BCUT2D eigenvalue weighted by Gasteiger charge is 2.27. The Kier molecular flexibility index (Phi) is 8.09. The Balaban J connectivity index is 1.72. The van der Waals surface area contributed by atoms with Crippen LogP contribution in [0.2, 0.25) is 10.0 Å². The zero-order valence-corrected chi connectivity index (χ0v) is 18.9. The molecule has 0 aliphatic rings. The van der Waals surface area contributed by atoms with Crippen LogP contribution in [0.15, 0.2) is 72.1 Å². The first-order chi connectivity index (χ1) is 14.8. The van der Waals surface area contributed by atoms with Crippen molar-refractivity contribution in [2.75, 3.05) is 6.54 Å². The first kappa shape index (κ1) is 23.3. The van der Waals surface area contributed by atoms with Gasteiger partial charge in [-0.25, -0.2) is 13.4 Å². The van der Waals surface area contributed by atoms with E-state index in [4.69, 9.17) is 23.2 Å². The molecule has 7 nitrogen and oxygen atoms in total. The molecule has 0 saturated carbocycles. The molecule has 1 heterocycles. The second-order valence-electron chi connectivity index (χ2n) is 6.88. The third kappa shape index (κ3) is 6.80. The SMILES string of the molecule is O=C(NCCCn1ccnc1)[C@@H](Cc1ccccc1)NS(=O)(=O)c1cc(Cl)ccc1Cl. The zero-order valence-electron chi connectivity index (χ0n) is 16.5. The highest BCUT2D eigenvalue weighted by Crippen LogP contribution is 2.25. The number of hydrogen-bond donors (Lipinski definition) is 2. The Hall–Kier alpha value is -2.39. The van der Waals surface area contributed by atoms with Crippen molar-refractivity contribution in [1.82, 2.24) is 19.6 Å². The average molecular weight is 481 g/mol. The molecule has 1 atom stereocenters. The summed E-state index contributed by atoms with van der Waals surface area (Å²) in [6.45, 7) is 1.08. The standard InChI is InChI=1S/C21H22Cl2N4O3S/c22-17-7-8-18(23)20(14-17)31(29,30)26-19(13-16-5-2-1-3-6-16)21(28)25-9-4-11-27-12-10-24-15-27/h1-3,5-8,10,12,14-15,19,26H,4,9,11,13H2,(H,25,28)/t19-/m1/s1. The lowest BCUT2D eigenvalue weighted by Gasteiger charge is -2.19. The van der Waals surface area contributed by atoms with Gasteiger partial charge in [0, 0.05) is 30.5 Å². The van der Waals surface area contributed by atoms with Crippen LogP contribution < -0.4 is 10.0 Å². The molecule has 0 fully saturated rings. The largest absolute Gasteiger partial charge is 0.355 e. The second-order valence-corrected chi connectivity index (χ2v) is 9.41. The molecule has 3 rings (SSSR count). The van der Waals surface area contributed by atoms with Gasteiger partial charge in [0.1, 0.15) is 10.9 Å². The number of amides is 1. The van der Waals surface area contributed by atoms with Gasteiger partial charge in [-0.1, -0.05) is 53.5 Å². The van der Waals surface area contributed by atoms with E-state index < -0.39 is 22.0 Å². The van der Waals surface area contributed by atoms with Crippen LogP contribution in [0, 0.1) is 0 Å². The van der Waals surface area contributed by atoms with Crippen LogP contribution in [-0.2, 0) is 27.8 Å². The molecule has 0 bridgehead atoms. The van der Waals surface area contributed by atoms with Crippen LogP contribution in [0.4, 0.5) is 0 Å². The van der Waals surface area contributed by atoms with Crippen LogP contribution >= 0.6 is 23.2 Å². The number of aryl methyl sites for hydroxylation is 1. The van der Waals surface area contributed by atoms with E-state index in [1.807, 2.05) is 41.1 Å². The molecule has 0 saturated heterocycles. The lowest BCUT2D eigenvalue weighted by molar-refractivity contribution is -0.122. The monoisotopic (exact) mass is 480 g/mol. The summed E-state index contributed by atoms with van der Waals surface area (Å²) in [5.74, 6) is -0.420. The number of carbonyl (C=O) groups excluding carboxylic acids is 1. The highest BCUT2D eigenvalue weighted by molar-refractivity contribution is 7.89. The summed E-state index contributed by atoms with van der Waals surface area (Å²) in [5, 5.41) is 3.06. The minimum absolute atomic E-state index is 0.0242. The van der Waals surface area contributed by atoms with Gasteiger partial charge in [-0.15, -0.1) is 0 Å². The number of imidazole rings is 1. The number of nitrogens with zero attached hydrogens (tertiary/aromatic N) is 2. The quantitative estimate of drug-likeness (QED) is 0.435. The van der Waals surface area contributed by atoms with Crippen molar-refractivity contribution < 1.29 is 13.2 Å². The summed E-state index contributed by atoms with van der Waals surface area (Å²) >= 11 is 12.0. The molecule has 1 aromatic heterocycles. The van der Waals surface area contributed by atoms with Crippen LogP contribution in [0.3, 0.4) is 0 Å². The molecule has 0 unspecified atom stereocenters. The fourth-order valence-electron chi connectivity index (χ4n) is 2.99. The molecule has 2 aromatic carbocycles. The number of aromatic nitrogens is 2. The summed E-state index contributed by atoms with van der Waals surface area (Å²) in [4.78, 5) is 16.7. The maximum atomic E-state index is 13.0. The molecule has 1 amide bonds. The zero-order chi connectivity index (χ0) is 22.3. The van der Waals surface area contributed by atoms with E-state index in [0.717, 1.165) is 5.56 Å². The summed E-state index contributed by atoms with van der Waals surface area (Å²) in [7, 11) is -4.08. The van der Waals surface area contributed by atoms with Crippen molar-refractivity contribution in [2.24, 2.45) is 0 Å². The molecule has 2 N–H and O–H groups in total. The third-order valence-corrected chi connectivity index (χ3v) is 6.72. The van der Waals surface area contributed by atoms with E-state index in [1.165, 1.54) is 18.2 Å². The van der Waals surface area contributed by atoms with Gasteiger partial charge in [-0.2, -0.15) is 4.72 Å². The van der Waals surface area contributed by atoms with E-state index in [0.29, 0.717) is 19.5 Å². The highest BCUT2D eigenvalue weighted by atomic mass is 35.5. The molecular formula is C21H22Cl2N4O3S. The van der Waals surface area contributed by atoms with Gasteiger partial charge in [0.05, 0.1) is 11.3 Å². The minimum Gasteiger partial charge on any atom is -0.355 e. The maximum Gasteiger partial charge on any atom is 0.242 e. The van der Waals surface area contributed by atoms with Gasteiger partial charge in [0.25, 0.3) is 0 Å². The minimum atomic E-state index is -4.08. The van der Waals surface area contributed by atoms with Crippen molar-refractivity contribution in [1.29, 1.82) is 0 Å². The summed E-state index contributed by atoms with van der Waals surface area (Å²) in [6.07, 6.45) is 6.08. The van der Waals surface area contributed by atoms with Gasteiger partial charge >= 0.3 is 0 Å². The number of hydrogen-bond acceptors (Lipinski definition) is 4. The molecule has 31 heavy (non-hydrogen) atoms. The molecule has 164 valence electrons. The topological polar surface area (TPSA) is 93.1 Å². The molecule has 0 spiro atoms. The fourth-order valence-corrected chi connectivity index (χ4v) is 4.94. The van der Waals surface area contributed by atoms with E-state index >= 15 is 0 Å². The lowest BCUT2D eigenvalue weighted by Crippen LogP contribution is -2.48. The predicted molar refractivity (Wildman–Crippen MR) is 121 cm³/mol. The number of halogens is 2. The van der Waals surface area contributed by atoms with Gasteiger partial charge < -0.3 is 9.88 Å². The summed E-state index contributed by atoms with van der Waals surface area (Å²) in [6, 6.07) is 12.3. The number of nitrogens with one attached hydrogen (secondary N) is 2. The van der Waals surface area contributed by atoms with E-state index in [9.17, 15) is 13.2 Å². The molecule has 3 aromatic rings. The number of rotatable bonds is 10. The summed E-state index contributed by atoms with van der Waals surface area (Å²) < 4.78 is 30.3. The van der Waals surface area contributed by atoms with Crippen LogP contribution in [0.5, 0.6) is 0 Å². The Morgan fingerprint density at radius 2 is 1.90 bits per heavy atom. The summed E-state index contributed by atoms with van der Waals surface area (Å²) in [5.41, 5.74) is 0.820. The molecule has 10 heteroatoms. The smallest absolute Gasteiger partial charge is 0.242 e. The number of carbonyl (C=O) groups is 1. The van der Waals surface area contributed by atoms with Gasteiger partial charge in [0.15, 0.2) is 0 Å². The Morgan fingerprint density at radius 3 is 2.61 bits per heavy atom. The number of sulfonamides is 1. The second kappa shape index (κ2) is 10.8. The first-order valence-corrected chi connectivity index (χ1v) is 11.8. The van der Waals surface area contributed by atoms with Gasteiger partial charge in [0.2, 0.25) is 15.9 Å². The van der Waals surface area contributed by atoms with Gasteiger partial charge in [-0.3, -0.25) is 4.79 Å². The van der Waals surface area contributed by atoms with E-state index in [2.05, 4.69) is 15.0 Å². The Bertz CT molecular complexity index is 1110. The Labute approximate surface area is 191 Å². The molecule has 0 radical (unpaired) electrons. The normalized spacial score (nSPS) is 12.5. The first-order valence-electron chi connectivity index (χ1n) is 9.60. The number of benzene rings is 2. The van der Waals surface area contributed by atoms with Crippen molar-refractivity contribution in [3.05, 3.63) is 82.9 Å².